The zero-order valence-corrected chi connectivity index (χ0v) is 19.6. The fourth-order valence-corrected chi connectivity index (χ4v) is 4.50. The molecule has 0 bridgehead atoms. The minimum Gasteiger partial charge on any atom is -0.481 e. The van der Waals surface area contributed by atoms with Gasteiger partial charge in [0.05, 0.1) is 34.2 Å². The van der Waals surface area contributed by atoms with E-state index in [0.29, 0.717) is 53.9 Å². The number of aliphatic hydroxyl groups excluding tert-OH is 1. The number of benzene rings is 1. The van der Waals surface area contributed by atoms with E-state index in [9.17, 15) is 19.5 Å². The molecular weight excluding hydrogens is 485 g/mol. The molecule has 0 saturated carbocycles. The average molecular weight is 508 g/mol. The van der Waals surface area contributed by atoms with Crippen LogP contribution in [-0.2, 0) is 33.9 Å². The molecule has 2 amide bonds. The first-order valence-corrected chi connectivity index (χ1v) is 11.5. The van der Waals surface area contributed by atoms with Gasteiger partial charge in [-0.1, -0.05) is 23.2 Å². The van der Waals surface area contributed by atoms with E-state index < -0.39 is 12.6 Å². The number of aromatic nitrogens is 3. The van der Waals surface area contributed by atoms with Crippen molar-refractivity contribution in [1.82, 2.24) is 25.0 Å². The average Bonchev–Trinajstić information content (AvgIpc) is 3.44. The summed E-state index contributed by atoms with van der Waals surface area (Å²) in [5.41, 5.74) is 3.95. The van der Waals surface area contributed by atoms with Crippen LogP contribution in [0.25, 0.3) is 22.2 Å². The number of carbonyl (C=O) groups excluding carboxylic acids is 2. The smallest absolute Gasteiger partial charge is 0.303 e. The molecule has 0 fully saturated rings. The number of hydrogen-bond acceptors (Lipinski definition) is 5. The third kappa shape index (κ3) is 4.89. The largest absolute Gasteiger partial charge is 0.481 e. The summed E-state index contributed by atoms with van der Waals surface area (Å²) < 4.78 is 1.67. The first kappa shape index (κ1) is 24.1. The van der Waals surface area contributed by atoms with E-state index in [-0.39, 0.29) is 24.7 Å². The highest BCUT2D eigenvalue weighted by Crippen LogP contribution is 2.41. The zero-order valence-electron chi connectivity index (χ0n) is 18.1. The number of carbonyl (C=O) groups is 3. The van der Waals surface area contributed by atoms with Gasteiger partial charge in [-0.3, -0.25) is 19.1 Å². The highest BCUT2D eigenvalue weighted by atomic mass is 35.5. The molecule has 0 spiro atoms. The molecule has 1 aliphatic rings. The summed E-state index contributed by atoms with van der Waals surface area (Å²) in [6.07, 6.45) is 2.08. The predicted octanol–water partition coefficient (Wildman–Crippen LogP) is 2.20. The first-order valence-electron chi connectivity index (χ1n) is 10.7. The van der Waals surface area contributed by atoms with Gasteiger partial charge in [0.15, 0.2) is 0 Å². The Morgan fingerprint density at radius 3 is 2.76 bits per heavy atom. The summed E-state index contributed by atoms with van der Waals surface area (Å²) in [7, 11) is 0. The molecule has 180 valence electrons. The number of nitrogens with one attached hydrogen (secondary N) is 2. The summed E-state index contributed by atoms with van der Waals surface area (Å²) in [6, 6.07) is 3.57. The molecule has 3 heterocycles. The Morgan fingerprint density at radius 1 is 1.24 bits per heavy atom. The van der Waals surface area contributed by atoms with E-state index in [4.69, 9.17) is 28.3 Å². The molecule has 2 aromatic heterocycles. The second-order valence-electron chi connectivity index (χ2n) is 7.98. The molecule has 34 heavy (non-hydrogen) atoms. The molecule has 0 aliphatic carbocycles. The van der Waals surface area contributed by atoms with Crippen LogP contribution in [-0.4, -0.2) is 67.4 Å². The van der Waals surface area contributed by atoms with Gasteiger partial charge in [-0.05, 0) is 12.1 Å². The monoisotopic (exact) mass is 507 g/mol. The van der Waals surface area contributed by atoms with Gasteiger partial charge in [-0.2, -0.15) is 5.10 Å². The maximum atomic E-state index is 12.1. The Balaban J connectivity index is 1.59. The number of nitrogens with zero attached hydrogens (tertiary/aromatic N) is 3. The van der Waals surface area contributed by atoms with Gasteiger partial charge >= 0.3 is 5.97 Å². The van der Waals surface area contributed by atoms with Crippen LogP contribution in [0.15, 0.2) is 18.3 Å². The Labute approximate surface area is 204 Å². The molecule has 3 aromatic rings. The summed E-state index contributed by atoms with van der Waals surface area (Å²) in [4.78, 5) is 39.3. The number of carboxylic acid groups (broad SMARTS) is 1. The molecule has 0 unspecified atom stereocenters. The molecule has 4 N–H and O–H groups in total. The van der Waals surface area contributed by atoms with Crippen molar-refractivity contribution in [2.45, 2.75) is 32.4 Å². The molecule has 12 heteroatoms. The molecular formula is C22H23Cl2N5O5. The summed E-state index contributed by atoms with van der Waals surface area (Å²) in [6.45, 7) is 0.977. The van der Waals surface area contributed by atoms with Crippen LogP contribution in [0.1, 0.15) is 24.1 Å². The van der Waals surface area contributed by atoms with Crippen LogP contribution in [0.4, 0.5) is 0 Å². The lowest BCUT2D eigenvalue weighted by Crippen LogP contribution is -2.37. The summed E-state index contributed by atoms with van der Waals surface area (Å²) in [5, 5.41) is 26.8. The number of aromatic amines is 1. The molecule has 0 radical (unpaired) electrons. The van der Waals surface area contributed by atoms with Crippen molar-refractivity contribution in [2.75, 3.05) is 19.7 Å². The minimum absolute atomic E-state index is 0.0741. The van der Waals surface area contributed by atoms with Crippen molar-refractivity contribution < 1.29 is 24.6 Å². The Bertz CT molecular complexity index is 1270. The van der Waals surface area contributed by atoms with Crippen molar-refractivity contribution >= 4 is 51.9 Å². The van der Waals surface area contributed by atoms with Crippen LogP contribution in [0.2, 0.25) is 10.0 Å². The van der Waals surface area contributed by atoms with Crippen molar-refractivity contribution in [3.05, 3.63) is 39.6 Å². The minimum atomic E-state index is -1.02. The number of amides is 2. The van der Waals surface area contributed by atoms with Gasteiger partial charge in [0.1, 0.15) is 6.61 Å². The second-order valence-corrected chi connectivity index (χ2v) is 8.77. The number of aliphatic hydroxyl groups is 1. The Hall–Kier alpha value is -3.08. The van der Waals surface area contributed by atoms with E-state index in [2.05, 4.69) is 15.4 Å². The topological polar surface area (TPSA) is 141 Å². The predicted molar refractivity (Wildman–Crippen MR) is 126 cm³/mol. The molecule has 10 nitrogen and oxygen atoms in total. The molecule has 4 rings (SSSR count). The van der Waals surface area contributed by atoms with Crippen LogP contribution < -0.4 is 5.32 Å². The van der Waals surface area contributed by atoms with Crippen LogP contribution in [0.5, 0.6) is 0 Å². The maximum absolute atomic E-state index is 12.1. The van der Waals surface area contributed by atoms with E-state index >= 15 is 0 Å². The second kappa shape index (κ2) is 10.0. The number of halogens is 2. The quantitative estimate of drug-likeness (QED) is 0.368. The normalized spacial score (nSPS) is 13.2. The van der Waals surface area contributed by atoms with Gasteiger partial charge in [0.25, 0.3) is 0 Å². The molecule has 1 aromatic carbocycles. The fourth-order valence-electron chi connectivity index (χ4n) is 4.10. The van der Waals surface area contributed by atoms with E-state index in [0.717, 1.165) is 22.2 Å². The van der Waals surface area contributed by atoms with Crippen LogP contribution in [0, 0.1) is 0 Å². The molecule has 1 aliphatic heterocycles. The van der Waals surface area contributed by atoms with Gasteiger partial charge in [-0.15, -0.1) is 0 Å². The Kier molecular flexibility index (Phi) is 7.11. The maximum Gasteiger partial charge on any atom is 0.303 e. The van der Waals surface area contributed by atoms with Crippen molar-refractivity contribution in [3.8, 4) is 11.3 Å². The summed E-state index contributed by atoms with van der Waals surface area (Å²) >= 11 is 12.9. The Morgan fingerprint density at radius 2 is 2.03 bits per heavy atom. The van der Waals surface area contributed by atoms with E-state index in [1.54, 1.807) is 21.8 Å². The van der Waals surface area contributed by atoms with E-state index in [1.165, 1.54) is 0 Å². The van der Waals surface area contributed by atoms with Crippen molar-refractivity contribution in [3.63, 3.8) is 0 Å². The van der Waals surface area contributed by atoms with Gasteiger partial charge in [-0.25, -0.2) is 0 Å². The zero-order chi connectivity index (χ0) is 24.4. The van der Waals surface area contributed by atoms with Gasteiger partial charge in [0, 0.05) is 60.9 Å². The fraction of sp³-hybridized carbons (Fsp3) is 0.364. The first-order chi connectivity index (χ1) is 16.3. The lowest BCUT2D eigenvalue weighted by atomic mass is 9.99. The number of fused-ring (bicyclic) bond motifs is 3. The van der Waals surface area contributed by atoms with Crippen molar-refractivity contribution in [2.24, 2.45) is 0 Å². The summed E-state index contributed by atoms with van der Waals surface area (Å²) in [5.74, 6) is -1.69. The molecule has 0 atom stereocenters. The SMILES string of the molecule is O=C(O)CCC(=O)NCCn1ccc(-c2cc(Cl)c(Cl)c3[nH]c4c(c23)CN(C(=O)CO)CC4)n1. The highest BCUT2D eigenvalue weighted by Gasteiger charge is 2.27. The van der Waals surface area contributed by atoms with Gasteiger partial charge in [0.2, 0.25) is 11.8 Å². The van der Waals surface area contributed by atoms with Crippen LogP contribution in [0.3, 0.4) is 0 Å². The third-order valence-corrected chi connectivity index (χ3v) is 6.56. The number of aliphatic carboxylic acids is 1. The van der Waals surface area contributed by atoms with E-state index in [1.807, 2.05) is 6.07 Å². The third-order valence-electron chi connectivity index (χ3n) is 5.78. The lowest BCUT2D eigenvalue weighted by molar-refractivity contribution is -0.138. The number of hydrogen-bond donors (Lipinski definition) is 4. The van der Waals surface area contributed by atoms with Crippen LogP contribution >= 0.6 is 23.2 Å². The number of rotatable bonds is 8. The standard InChI is InChI=1S/C22H23Cl2N5O5/c23-14-9-12(16-4-7-29(27-16)8-5-25-17(31)1-2-19(33)34)20-13-10-28(18(32)11-30)6-3-15(13)26-22(20)21(14)24/h4,7,9,26,30H,1-3,5-6,8,10-11H2,(H,25,31)(H,33,34). The lowest BCUT2D eigenvalue weighted by Gasteiger charge is -2.26. The van der Waals surface area contributed by atoms with Crippen molar-refractivity contribution in [1.29, 1.82) is 0 Å². The number of H-pyrrole nitrogens is 1. The van der Waals surface area contributed by atoms with Gasteiger partial charge < -0.3 is 25.4 Å². The highest BCUT2D eigenvalue weighted by molar-refractivity contribution is 6.45. The number of carboxylic acids is 1. The molecule has 0 saturated heterocycles.